The Kier molecular flexibility index (Phi) is 4.95. The molecular formula is C13H16N2O3S. The third-order valence-corrected chi connectivity index (χ3v) is 3.67. The third kappa shape index (κ3) is 4.64. The third-order valence-electron chi connectivity index (χ3n) is 2.46. The Morgan fingerprint density at radius 3 is 2.68 bits per heavy atom. The first-order valence-electron chi connectivity index (χ1n) is 5.58. The van der Waals surface area contributed by atoms with Gasteiger partial charge in [0.2, 0.25) is 10.0 Å². The molecule has 0 aliphatic carbocycles. The second kappa shape index (κ2) is 6.25. The number of amides is 1. The van der Waals surface area contributed by atoms with Gasteiger partial charge in [-0.3, -0.25) is 9.10 Å². The minimum Gasteiger partial charge on any atom is -0.341 e. The minimum absolute atomic E-state index is 0.305. The van der Waals surface area contributed by atoms with Crippen LogP contribution < -0.4 is 9.62 Å². The second-order valence-corrected chi connectivity index (χ2v) is 5.97. The zero-order chi connectivity index (χ0) is 14.5. The first kappa shape index (κ1) is 15.1. The van der Waals surface area contributed by atoms with E-state index in [-0.39, 0.29) is 5.91 Å². The van der Waals surface area contributed by atoms with Crippen molar-refractivity contribution in [2.45, 2.75) is 13.5 Å². The maximum absolute atomic E-state index is 11.4. The van der Waals surface area contributed by atoms with Crippen molar-refractivity contribution in [2.24, 2.45) is 0 Å². The summed E-state index contributed by atoms with van der Waals surface area (Å²) in [5.41, 5.74) is 1.36. The Balaban J connectivity index is 2.83. The van der Waals surface area contributed by atoms with E-state index in [1.165, 1.54) is 11.4 Å². The van der Waals surface area contributed by atoms with E-state index < -0.39 is 10.0 Å². The van der Waals surface area contributed by atoms with E-state index in [1.54, 1.807) is 31.2 Å². The molecule has 6 heteroatoms. The Bertz CT molecular complexity index is 627. The maximum Gasteiger partial charge on any atom is 0.296 e. The Morgan fingerprint density at radius 2 is 2.11 bits per heavy atom. The molecule has 0 aliphatic rings. The molecule has 1 aromatic rings. The molecule has 0 aromatic heterocycles. The molecule has 0 bridgehead atoms. The van der Waals surface area contributed by atoms with Crippen LogP contribution >= 0.6 is 0 Å². The smallest absolute Gasteiger partial charge is 0.296 e. The number of hydrogen-bond donors (Lipinski definition) is 1. The summed E-state index contributed by atoms with van der Waals surface area (Å²) in [7, 11) is -1.81. The van der Waals surface area contributed by atoms with E-state index in [2.05, 4.69) is 17.2 Å². The van der Waals surface area contributed by atoms with Gasteiger partial charge in [-0.1, -0.05) is 18.1 Å². The van der Waals surface area contributed by atoms with Gasteiger partial charge in [-0.25, -0.2) is 8.42 Å². The summed E-state index contributed by atoms with van der Waals surface area (Å²) in [4.78, 5) is 11.2. The Hall–Kier alpha value is -2.00. The van der Waals surface area contributed by atoms with Crippen molar-refractivity contribution in [1.29, 1.82) is 0 Å². The molecule has 1 amide bonds. The molecule has 0 unspecified atom stereocenters. The maximum atomic E-state index is 11.4. The summed E-state index contributed by atoms with van der Waals surface area (Å²) < 4.78 is 24.0. The average molecular weight is 280 g/mol. The van der Waals surface area contributed by atoms with Gasteiger partial charge in [0, 0.05) is 13.6 Å². The van der Waals surface area contributed by atoms with Crippen LogP contribution in [0.3, 0.4) is 0 Å². The highest BCUT2D eigenvalue weighted by Gasteiger charge is 2.11. The molecule has 0 saturated carbocycles. The topological polar surface area (TPSA) is 66.5 Å². The molecule has 19 heavy (non-hydrogen) atoms. The van der Waals surface area contributed by atoms with Crippen molar-refractivity contribution in [2.75, 3.05) is 17.6 Å². The van der Waals surface area contributed by atoms with Crippen molar-refractivity contribution in [3.8, 4) is 11.8 Å². The number of sulfonamides is 1. The lowest BCUT2D eigenvalue weighted by Crippen LogP contribution is -2.25. The van der Waals surface area contributed by atoms with Gasteiger partial charge < -0.3 is 5.32 Å². The summed E-state index contributed by atoms with van der Waals surface area (Å²) in [6.07, 6.45) is 1.14. The number of carbonyl (C=O) groups excluding carboxylic acids is 1. The number of hydrogen-bond acceptors (Lipinski definition) is 3. The number of nitrogens with one attached hydrogen (secondary N) is 1. The monoisotopic (exact) mass is 280 g/mol. The van der Waals surface area contributed by atoms with Gasteiger partial charge in [0.25, 0.3) is 5.91 Å². The highest BCUT2D eigenvalue weighted by Crippen LogP contribution is 2.17. The lowest BCUT2D eigenvalue weighted by Gasteiger charge is -2.17. The van der Waals surface area contributed by atoms with Crippen LogP contribution in [0.2, 0.25) is 0 Å². The van der Waals surface area contributed by atoms with Crippen LogP contribution in [-0.4, -0.2) is 27.6 Å². The molecule has 102 valence electrons. The molecule has 1 N–H and O–H groups in total. The molecule has 0 radical (unpaired) electrons. The van der Waals surface area contributed by atoms with E-state index in [0.717, 1.165) is 11.8 Å². The van der Waals surface area contributed by atoms with E-state index in [0.29, 0.717) is 12.2 Å². The predicted octanol–water partition coefficient (Wildman–Crippen LogP) is 0.722. The van der Waals surface area contributed by atoms with Crippen LogP contribution in [0.4, 0.5) is 5.69 Å². The lowest BCUT2D eigenvalue weighted by atomic mass is 10.2. The first-order chi connectivity index (χ1) is 8.84. The van der Waals surface area contributed by atoms with Gasteiger partial charge in [-0.2, -0.15) is 0 Å². The molecule has 0 atom stereocenters. The van der Waals surface area contributed by atoms with Crippen molar-refractivity contribution in [3.05, 3.63) is 29.8 Å². The molecule has 0 aliphatic heterocycles. The van der Waals surface area contributed by atoms with Crippen molar-refractivity contribution in [3.63, 3.8) is 0 Å². The van der Waals surface area contributed by atoms with E-state index in [9.17, 15) is 13.2 Å². The van der Waals surface area contributed by atoms with Gasteiger partial charge in [0.05, 0.1) is 11.9 Å². The first-order valence-corrected chi connectivity index (χ1v) is 7.43. The number of nitrogens with zero attached hydrogens (tertiary/aromatic N) is 1. The van der Waals surface area contributed by atoms with Crippen LogP contribution in [0.25, 0.3) is 0 Å². The standard InChI is InChI=1S/C13H16N2O3S/c1-4-6-13(16)14-10-11-7-5-8-12(9-11)15(2)19(3,17)18/h5,7-9H,10H2,1-3H3,(H,14,16). The van der Waals surface area contributed by atoms with Gasteiger partial charge in [0.1, 0.15) is 0 Å². The zero-order valence-electron chi connectivity index (χ0n) is 11.1. The summed E-state index contributed by atoms with van der Waals surface area (Å²) >= 11 is 0. The molecule has 0 saturated heterocycles. The predicted molar refractivity (Wildman–Crippen MR) is 75.0 cm³/mol. The molecule has 0 fully saturated rings. The SMILES string of the molecule is CC#CC(=O)NCc1cccc(N(C)S(C)(=O)=O)c1. The minimum atomic E-state index is -3.29. The van der Waals surface area contributed by atoms with E-state index >= 15 is 0 Å². The zero-order valence-corrected chi connectivity index (χ0v) is 11.9. The van der Waals surface area contributed by atoms with E-state index in [4.69, 9.17) is 0 Å². The molecule has 1 aromatic carbocycles. The largest absolute Gasteiger partial charge is 0.341 e. The number of carbonyl (C=O) groups is 1. The summed E-state index contributed by atoms with van der Waals surface area (Å²) in [5.74, 6) is 4.52. The highest BCUT2D eigenvalue weighted by atomic mass is 32.2. The fourth-order valence-corrected chi connectivity index (χ4v) is 1.89. The molecular weight excluding hydrogens is 264 g/mol. The summed E-state index contributed by atoms with van der Waals surface area (Å²) in [5, 5.41) is 2.62. The molecule has 0 heterocycles. The van der Waals surface area contributed by atoms with Crippen molar-refractivity contribution >= 4 is 21.6 Å². The van der Waals surface area contributed by atoms with Crippen LogP contribution in [0.5, 0.6) is 0 Å². The fourth-order valence-electron chi connectivity index (χ4n) is 1.39. The molecule has 1 rings (SSSR count). The molecule has 5 nitrogen and oxygen atoms in total. The van der Waals surface area contributed by atoms with Crippen molar-refractivity contribution < 1.29 is 13.2 Å². The van der Waals surface area contributed by atoms with Crippen LogP contribution in [0.15, 0.2) is 24.3 Å². The van der Waals surface area contributed by atoms with Gasteiger partial charge >= 0.3 is 0 Å². The van der Waals surface area contributed by atoms with Crippen molar-refractivity contribution in [1.82, 2.24) is 5.32 Å². The summed E-state index contributed by atoms with van der Waals surface area (Å²) in [6, 6.07) is 6.95. The Labute approximate surface area is 113 Å². The highest BCUT2D eigenvalue weighted by molar-refractivity contribution is 7.92. The molecule has 0 spiro atoms. The second-order valence-electron chi connectivity index (χ2n) is 3.96. The average Bonchev–Trinajstić information content (AvgIpc) is 2.35. The van der Waals surface area contributed by atoms with Crippen LogP contribution in [0, 0.1) is 11.8 Å². The van der Waals surface area contributed by atoms with Crippen LogP contribution in [-0.2, 0) is 21.4 Å². The van der Waals surface area contributed by atoms with Gasteiger partial charge in [-0.05, 0) is 30.5 Å². The van der Waals surface area contributed by atoms with Crippen LogP contribution in [0.1, 0.15) is 12.5 Å². The lowest BCUT2D eigenvalue weighted by molar-refractivity contribution is -0.115. The van der Waals surface area contributed by atoms with Gasteiger partial charge in [0.15, 0.2) is 0 Å². The van der Waals surface area contributed by atoms with E-state index in [1.807, 2.05) is 0 Å². The number of rotatable bonds is 4. The normalized spacial score (nSPS) is 10.3. The number of anilines is 1. The fraction of sp³-hybridized carbons (Fsp3) is 0.308. The number of benzene rings is 1. The Morgan fingerprint density at radius 1 is 1.42 bits per heavy atom. The summed E-state index contributed by atoms with van der Waals surface area (Å²) in [6.45, 7) is 1.89. The van der Waals surface area contributed by atoms with Gasteiger partial charge in [-0.15, -0.1) is 0 Å². The quantitative estimate of drug-likeness (QED) is 0.827.